The fraction of sp³-hybridized carbons (Fsp3) is 0.353. The van der Waals surface area contributed by atoms with Gasteiger partial charge in [-0.2, -0.15) is 5.26 Å². The van der Waals surface area contributed by atoms with Crippen LogP contribution in [0.1, 0.15) is 31.0 Å². The van der Waals surface area contributed by atoms with Crippen LogP contribution in [0.2, 0.25) is 0 Å². The average molecular weight is 327 g/mol. The highest BCUT2D eigenvalue weighted by Crippen LogP contribution is 2.41. The minimum absolute atomic E-state index is 0.254. The van der Waals surface area contributed by atoms with E-state index < -0.39 is 17.7 Å². The molecular weight excluding hydrogens is 310 g/mol. The van der Waals surface area contributed by atoms with E-state index in [1.54, 1.807) is 32.0 Å². The van der Waals surface area contributed by atoms with Gasteiger partial charge in [-0.3, -0.25) is 4.79 Å². The van der Waals surface area contributed by atoms with Crippen molar-refractivity contribution in [3.63, 3.8) is 0 Å². The quantitative estimate of drug-likeness (QED) is 0.891. The minimum Gasteiger partial charge on any atom is -0.485 e. The third-order valence-electron chi connectivity index (χ3n) is 4.12. The van der Waals surface area contributed by atoms with Crippen LogP contribution in [0.25, 0.3) is 0 Å². The van der Waals surface area contributed by atoms with Crippen molar-refractivity contribution in [2.45, 2.75) is 31.6 Å². The maximum absolute atomic E-state index is 12.3. The highest BCUT2D eigenvalue weighted by Gasteiger charge is 2.45. The number of aromatic nitrogens is 2. The Bertz CT molecular complexity index is 882. The van der Waals surface area contributed by atoms with Crippen LogP contribution in [-0.2, 0) is 0 Å². The Labute approximate surface area is 138 Å². The molecule has 2 atom stereocenters. The van der Waals surface area contributed by atoms with Crippen LogP contribution in [-0.4, -0.2) is 33.7 Å². The van der Waals surface area contributed by atoms with Gasteiger partial charge < -0.3 is 14.6 Å². The fourth-order valence-electron chi connectivity index (χ4n) is 2.82. The molecule has 2 unspecified atom stereocenters. The van der Waals surface area contributed by atoms with Gasteiger partial charge in [-0.1, -0.05) is 0 Å². The summed E-state index contributed by atoms with van der Waals surface area (Å²) < 4.78 is 12.1. The molecule has 0 bridgehead atoms. The molecule has 2 heterocycles. The van der Waals surface area contributed by atoms with Crippen molar-refractivity contribution < 1.29 is 14.6 Å². The van der Waals surface area contributed by atoms with E-state index in [0.717, 1.165) is 0 Å². The molecule has 1 N–H and O–H groups in total. The van der Waals surface area contributed by atoms with Gasteiger partial charge >= 0.3 is 0 Å². The average Bonchev–Trinajstić information content (AvgIpc) is 2.56. The first-order valence-corrected chi connectivity index (χ1v) is 7.42. The van der Waals surface area contributed by atoms with E-state index in [2.05, 4.69) is 11.2 Å². The van der Waals surface area contributed by atoms with Crippen LogP contribution >= 0.6 is 0 Å². The maximum atomic E-state index is 12.3. The molecule has 0 amide bonds. The lowest BCUT2D eigenvalue weighted by Gasteiger charge is -2.42. The van der Waals surface area contributed by atoms with Gasteiger partial charge in [-0.05, 0) is 32.0 Å². The molecule has 0 saturated heterocycles. The zero-order valence-electron chi connectivity index (χ0n) is 13.6. The molecule has 0 radical (unpaired) electrons. The Morgan fingerprint density at radius 3 is 2.79 bits per heavy atom. The second-order valence-electron chi connectivity index (χ2n) is 6.12. The zero-order valence-corrected chi connectivity index (χ0v) is 13.6. The molecule has 0 saturated carbocycles. The van der Waals surface area contributed by atoms with Gasteiger partial charge in [0.25, 0.3) is 5.56 Å². The molecule has 7 heteroatoms. The highest BCUT2D eigenvalue weighted by atomic mass is 16.5. The van der Waals surface area contributed by atoms with Gasteiger partial charge in [-0.15, -0.1) is 5.10 Å². The summed E-state index contributed by atoms with van der Waals surface area (Å²) >= 11 is 0. The molecule has 124 valence electrons. The zero-order chi connectivity index (χ0) is 17.5. The fourth-order valence-corrected chi connectivity index (χ4v) is 2.82. The summed E-state index contributed by atoms with van der Waals surface area (Å²) in [5.41, 5.74) is -0.379. The number of hydrogen-bond acceptors (Lipinski definition) is 6. The van der Waals surface area contributed by atoms with Crippen molar-refractivity contribution in [1.29, 1.82) is 5.26 Å². The first-order chi connectivity index (χ1) is 11.4. The molecule has 1 aliphatic heterocycles. The van der Waals surface area contributed by atoms with Crippen molar-refractivity contribution in [2.75, 3.05) is 7.11 Å². The van der Waals surface area contributed by atoms with E-state index >= 15 is 0 Å². The monoisotopic (exact) mass is 327 g/mol. The summed E-state index contributed by atoms with van der Waals surface area (Å²) in [7, 11) is 1.45. The number of aliphatic hydroxyl groups is 1. The van der Waals surface area contributed by atoms with Gasteiger partial charge in [0.2, 0.25) is 5.88 Å². The molecule has 3 rings (SSSR count). The number of fused-ring (bicyclic) bond motifs is 1. The van der Waals surface area contributed by atoms with Gasteiger partial charge in [-0.25, -0.2) is 4.68 Å². The van der Waals surface area contributed by atoms with Crippen molar-refractivity contribution in [3.05, 3.63) is 51.8 Å². The lowest BCUT2D eigenvalue weighted by molar-refractivity contribution is -0.0668. The maximum Gasteiger partial charge on any atom is 0.267 e. The van der Waals surface area contributed by atoms with Crippen molar-refractivity contribution >= 4 is 0 Å². The number of ether oxygens (including phenoxy) is 2. The molecule has 24 heavy (non-hydrogen) atoms. The Kier molecular flexibility index (Phi) is 3.78. The van der Waals surface area contributed by atoms with Crippen LogP contribution in [0.4, 0.5) is 0 Å². The second-order valence-corrected chi connectivity index (χ2v) is 6.12. The van der Waals surface area contributed by atoms with Crippen LogP contribution in [0.15, 0.2) is 35.1 Å². The minimum atomic E-state index is -1.05. The number of nitrogens with zero attached hydrogens (tertiary/aromatic N) is 3. The van der Waals surface area contributed by atoms with Gasteiger partial charge in [0.1, 0.15) is 23.5 Å². The van der Waals surface area contributed by atoms with Crippen molar-refractivity contribution in [3.8, 4) is 17.7 Å². The molecule has 7 nitrogen and oxygen atoms in total. The summed E-state index contributed by atoms with van der Waals surface area (Å²) in [5, 5.41) is 24.1. The Morgan fingerprint density at radius 2 is 2.12 bits per heavy atom. The molecule has 1 aliphatic rings. The smallest absolute Gasteiger partial charge is 0.267 e. The van der Waals surface area contributed by atoms with Gasteiger partial charge in [0.05, 0.1) is 18.7 Å². The van der Waals surface area contributed by atoms with E-state index in [1.807, 2.05) is 0 Å². The number of rotatable bonds is 2. The lowest BCUT2D eigenvalue weighted by atomic mass is 9.86. The summed E-state index contributed by atoms with van der Waals surface area (Å²) in [6.45, 7) is 3.47. The number of methoxy groups -OCH3 is 1. The molecular formula is C17H17N3O4. The Hall–Kier alpha value is -2.85. The first-order valence-electron chi connectivity index (χ1n) is 7.42. The van der Waals surface area contributed by atoms with Crippen LogP contribution in [0.5, 0.6) is 11.6 Å². The number of aliphatic hydroxyl groups excluding tert-OH is 1. The first kappa shape index (κ1) is 16.0. The van der Waals surface area contributed by atoms with E-state index in [9.17, 15) is 9.90 Å². The molecule has 1 aromatic carbocycles. The van der Waals surface area contributed by atoms with Crippen molar-refractivity contribution in [2.24, 2.45) is 0 Å². The van der Waals surface area contributed by atoms with E-state index in [1.165, 1.54) is 23.9 Å². The Morgan fingerprint density at radius 1 is 1.38 bits per heavy atom. The number of hydrogen-bond donors (Lipinski definition) is 1. The predicted octanol–water partition coefficient (Wildman–Crippen LogP) is 1.24. The molecule has 0 fully saturated rings. The Balaban J connectivity index is 2.26. The molecule has 0 spiro atoms. The van der Waals surface area contributed by atoms with E-state index in [4.69, 9.17) is 14.7 Å². The predicted molar refractivity (Wildman–Crippen MR) is 85.1 cm³/mol. The molecule has 0 aliphatic carbocycles. The summed E-state index contributed by atoms with van der Waals surface area (Å²) in [4.78, 5) is 12.3. The summed E-state index contributed by atoms with van der Waals surface area (Å²) in [5.74, 6) is 0.759. The number of benzene rings is 1. The summed E-state index contributed by atoms with van der Waals surface area (Å²) in [6.07, 6.45) is -1.05. The summed E-state index contributed by atoms with van der Waals surface area (Å²) in [6, 6.07) is 8.95. The highest BCUT2D eigenvalue weighted by molar-refractivity contribution is 5.46. The van der Waals surface area contributed by atoms with Crippen LogP contribution in [0, 0.1) is 11.3 Å². The number of nitriles is 1. The van der Waals surface area contributed by atoms with Crippen LogP contribution in [0.3, 0.4) is 0 Å². The second kappa shape index (κ2) is 5.65. The van der Waals surface area contributed by atoms with Gasteiger partial charge in [0, 0.05) is 17.7 Å². The van der Waals surface area contributed by atoms with Crippen molar-refractivity contribution in [1.82, 2.24) is 9.78 Å². The molecule has 1 aromatic heterocycles. The normalized spacial score (nSPS) is 21.3. The largest absolute Gasteiger partial charge is 0.485 e. The van der Waals surface area contributed by atoms with Gasteiger partial charge in [0.15, 0.2) is 0 Å². The SMILES string of the molecule is COc1ccc(=O)n(C2c3cc(C#N)ccc3OC(C)(C)C2O)n1. The van der Waals surface area contributed by atoms with E-state index in [-0.39, 0.29) is 11.4 Å². The topological polar surface area (TPSA) is 97.4 Å². The van der Waals surface area contributed by atoms with Crippen LogP contribution < -0.4 is 15.0 Å². The molecule has 2 aromatic rings. The lowest BCUT2D eigenvalue weighted by Crippen LogP contribution is -2.52. The third kappa shape index (κ3) is 2.51. The third-order valence-corrected chi connectivity index (χ3v) is 4.12. The van der Waals surface area contributed by atoms with E-state index in [0.29, 0.717) is 16.9 Å². The standard InChI is InChI=1S/C17H17N3O4/c1-17(2)16(22)15(20-14(21)7-6-13(19-20)23-3)11-8-10(9-18)4-5-12(11)24-17/h4-8,15-16,22H,1-3H3.